The maximum Gasteiger partial charge on any atom is 0.235 e. The Labute approximate surface area is 198 Å². The molecule has 0 spiro atoms. The Morgan fingerprint density at radius 1 is 1.12 bits per heavy atom. The highest BCUT2D eigenvalue weighted by Gasteiger charge is 2.28. The lowest BCUT2D eigenvalue weighted by Gasteiger charge is -2.32. The van der Waals surface area contributed by atoms with E-state index in [1.165, 1.54) is 37.1 Å². The first kappa shape index (κ1) is 23.3. The highest BCUT2D eigenvalue weighted by molar-refractivity contribution is 8.00. The summed E-state index contributed by atoms with van der Waals surface area (Å²) < 4.78 is 21.6. The number of para-hydroxylation sites is 2. The summed E-state index contributed by atoms with van der Waals surface area (Å²) in [5.74, 6) is 0.362. The average Bonchev–Trinajstić information content (AvgIpc) is 3.25. The van der Waals surface area contributed by atoms with Crippen LogP contribution in [-0.2, 0) is 11.4 Å². The van der Waals surface area contributed by atoms with Gasteiger partial charge >= 0.3 is 0 Å². The van der Waals surface area contributed by atoms with E-state index in [-0.39, 0.29) is 23.5 Å². The standard InChI is InChI=1S/C25H29FN4O2S/c1-18(24(31)29(2)19-11-5-3-6-12-19)33-25-28-27-23(30(25)20-13-7-4-8-14-20)17-32-22-16-10-9-15-21(22)26/h4,7-10,13-16,18-19H,3,5-6,11-12,17H2,1-2H3/t18-/m1/s1. The van der Waals surface area contributed by atoms with Crippen molar-refractivity contribution in [1.82, 2.24) is 19.7 Å². The smallest absolute Gasteiger partial charge is 0.235 e. The van der Waals surface area contributed by atoms with Crippen LogP contribution in [0, 0.1) is 5.82 Å². The number of hydrogen-bond donors (Lipinski definition) is 0. The van der Waals surface area contributed by atoms with Crippen LogP contribution < -0.4 is 4.74 Å². The Bertz CT molecular complexity index is 1070. The molecule has 4 rings (SSSR count). The SMILES string of the molecule is C[C@@H](Sc1nnc(COc2ccccc2F)n1-c1ccccc1)C(=O)N(C)C1CCCCC1. The zero-order valence-electron chi connectivity index (χ0n) is 19.0. The van der Waals surface area contributed by atoms with Crippen molar-refractivity contribution >= 4 is 17.7 Å². The molecule has 1 aliphatic rings. The van der Waals surface area contributed by atoms with Gasteiger partial charge in [0.2, 0.25) is 5.91 Å². The second kappa shape index (κ2) is 10.8. The number of carbonyl (C=O) groups is 1. The predicted molar refractivity (Wildman–Crippen MR) is 127 cm³/mol. The summed E-state index contributed by atoms with van der Waals surface area (Å²) >= 11 is 1.38. The topological polar surface area (TPSA) is 60.3 Å². The summed E-state index contributed by atoms with van der Waals surface area (Å²) in [6.07, 6.45) is 5.74. The van der Waals surface area contributed by atoms with Gasteiger partial charge in [0.05, 0.1) is 5.25 Å². The molecule has 1 atom stereocenters. The molecular weight excluding hydrogens is 439 g/mol. The van der Waals surface area contributed by atoms with Gasteiger partial charge < -0.3 is 9.64 Å². The third-order valence-electron chi connectivity index (χ3n) is 6.01. The van der Waals surface area contributed by atoms with Crippen LogP contribution in [0.3, 0.4) is 0 Å². The van der Waals surface area contributed by atoms with Gasteiger partial charge in [0.15, 0.2) is 22.5 Å². The maximum absolute atomic E-state index is 14.0. The number of ether oxygens (including phenoxy) is 1. The van der Waals surface area contributed by atoms with Gasteiger partial charge in [0.1, 0.15) is 6.61 Å². The Morgan fingerprint density at radius 3 is 2.55 bits per heavy atom. The van der Waals surface area contributed by atoms with Gasteiger partial charge in [-0.2, -0.15) is 0 Å². The van der Waals surface area contributed by atoms with Crippen molar-refractivity contribution in [2.75, 3.05) is 7.05 Å². The third-order valence-corrected chi connectivity index (χ3v) is 7.04. The molecule has 0 aliphatic heterocycles. The first-order chi connectivity index (χ1) is 16.0. The predicted octanol–water partition coefficient (Wildman–Crippen LogP) is 5.26. The number of rotatable bonds is 8. The molecule has 1 aliphatic carbocycles. The summed E-state index contributed by atoms with van der Waals surface area (Å²) in [5.41, 5.74) is 0.859. The molecule has 1 aromatic heterocycles. The summed E-state index contributed by atoms with van der Waals surface area (Å²) in [4.78, 5) is 15.0. The highest BCUT2D eigenvalue weighted by Crippen LogP contribution is 2.29. The number of thioether (sulfide) groups is 1. The van der Waals surface area contributed by atoms with E-state index in [0.717, 1.165) is 18.5 Å². The minimum atomic E-state index is -0.428. The van der Waals surface area contributed by atoms with E-state index in [9.17, 15) is 9.18 Å². The van der Waals surface area contributed by atoms with Crippen molar-refractivity contribution in [3.63, 3.8) is 0 Å². The zero-order valence-corrected chi connectivity index (χ0v) is 19.8. The summed E-state index contributed by atoms with van der Waals surface area (Å²) in [6.45, 7) is 1.96. The Hall–Kier alpha value is -2.87. The molecule has 0 radical (unpaired) electrons. The fraction of sp³-hybridized carbons (Fsp3) is 0.400. The van der Waals surface area contributed by atoms with Crippen molar-refractivity contribution < 1.29 is 13.9 Å². The molecule has 174 valence electrons. The lowest BCUT2D eigenvalue weighted by molar-refractivity contribution is -0.131. The minimum Gasteiger partial charge on any atom is -0.483 e. The third kappa shape index (κ3) is 5.55. The molecule has 1 saturated carbocycles. The van der Waals surface area contributed by atoms with Crippen LogP contribution in [0.4, 0.5) is 4.39 Å². The van der Waals surface area contributed by atoms with Crippen LogP contribution in [0.2, 0.25) is 0 Å². The Kier molecular flexibility index (Phi) is 7.65. The molecule has 0 bridgehead atoms. The van der Waals surface area contributed by atoms with E-state index in [4.69, 9.17) is 4.74 Å². The van der Waals surface area contributed by atoms with E-state index in [1.807, 2.05) is 53.8 Å². The molecule has 8 heteroatoms. The summed E-state index contributed by atoms with van der Waals surface area (Å²) in [7, 11) is 1.91. The van der Waals surface area contributed by atoms with E-state index in [0.29, 0.717) is 17.0 Å². The molecule has 33 heavy (non-hydrogen) atoms. The number of halogens is 1. The van der Waals surface area contributed by atoms with E-state index in [1.54, 1.807) is 18.2 Å². The first-order valence-corrected chi connectivity index (χ1v) is 12.2. The van der Waals surface area contributed by atoms with Crippen LogP contribution in [0.15, 0.2) is 59.8 Å². The van der Waals surface area contributed by atoms with Gasteiger partial charge in [0, 0.05) is 18.8 Å². The molecule has 1 amide bonds. The largest absolute Gasteiger partial charge is 0.483 e. The molecule has 3 aromatic rings. The fourth-order valence-corrected chi connectivity index (χ4v) is 5.14. The normalized spacial score (nSPS) is 15.2. The molecule has 1 heterocycles. The molecule has 0 saturated heterocycles. The van der Waals surface area contributed by atoms with E-state index < -0.39 is 5.82 Å². The number of carbonyl (C=O) groups excluding carboxylic acids is 1. The minimum absolute atomic E-state index is 0.0493. The number of aromatic nitrogens is 3. The Morgan fingerprint density at radius 2 is 1.82 bits per heavy atom. The highest BCUT2D eigenvalue weighted by atomic mass is 32.2. The Balaban J connectivity index is 1.53. The number of benzene rings is 2. The van der Waals surface area contributed by atoms with Gasteiger partial charge in [-0.15, -0.1) is 10.2 Å². The van der Waals surface area contributed by atoms with E-state index in [2.05, 4.69) is 10.2 Å². The van der Waals surface area contributed by atoms with Crippen LogP contribution in [-0.4, -0.2) is 43.9 Å². The van der Waals surface area contributed by atoms with Crippen molar-refractivity contribution in [3.05, 3.63) is 66.2 Å². The second-order valence-corrected chi connectivity index (χ2v) is 9.60. The first-order valence-electron chi connectivity index (χ1n) is 11.3. The van der Waals surface area contributed by atoms with Crippen molar-refractivity contribution in [2.45, 2.75) is 62.1 Å². The van der Waals surface area contributed by atoms with Crippen molar-refractivity contribution in [3.8, 4) is 11.4 Å². The quantitative estimate of drug-likeness (QED) is 0.422. The van der Waals surface area contributed by atoms with Gasteiger partial charge in [-0.3, -0.25) is 9.36 Å². The van der Waals surface area contributed by atoms with Gasteiger partial charge in [0.25, 0.3) is 0 Å². The molecular formula is C25H29FN4O2S. The van der Waals surface area contributed by atoms with E-state index >= 15 is 0 Å². The molecule has 1 fully saturated rings. The lowest BCUT2D eigenvalue weighted by atomic mass is 9.94. The van der Waals surface area contributed by atoms with Gasteiger partial charge in [-0.25, -0.2) is 4.39 Å². The van der Waals surface area contributed by atoms with Crippen LogP contribution in [0.25, 0.3) is 5.69 Å². The van der Waals surface area contributed by atoms with Crippen LogP contribution in [0.1, 0.15) is 44.9 Å². The molecule has 0 unspecified atom stereocenters. The molecule has 6 nitrogen and oxygen atoms in total. The molecule has 2 aromatic carbocycles. The number of amides is 1. The van der Waals surface area contributed by atoms with Gasteiger partial charge in [-0.05, 0) is 44.0 Å². The van der Waals surface area contributed by atoms with Crippen molar-refractivity contribution in [2.24, 2.45) is 0 Å². The van der Waals surface area contributed by atoms with Crippen LogP contribution >= 0.6 is 11.8 Å². The maximum atomic E-state index is 14.0. The zero-order chi connectivity index (χ0) is 23.2. The number of nitrogens with zero attached hydrogens (tertiary/aromatic N) is 4. The summed E-state index contributed by atoms with van der Waals surface area (Å²) in [6, 6.07) is 16.3. The number of hydrogen-bond acceptors (Lipinski definition) is 5. The summed E-state index contributed by atoms with van der Waals surface area (Å²) in [5, 5.41) is 8.94. The monoisotopic (exact) mass is 468 g/mol. The van der Waals surface area contributed by atoms with Crippen LogP contribution in [0.5, 0.6) is 5.75 Å². The molecule has 0 N–H and O–H groups in total. The second-order valence-electron chi connectivity index (χ2n) is 8.29. The fourth-order valence-electron chi connectivity index (χ4n) is 4.15. The van der Waals surface area contributed by atoms with Crippen molar-refractivity contribution in [1.29, 1.82) is 0 Å². The lowest BCUT2D eigenvalue weighted by Crippen LogP contribution is -2.42. The van der Waals surface area contributed by atoms with Gasteiger partial charge in [-0.1, -0.05) is 61.4 Å². The average molecular weight is 469 g/mol.